The van der Waals surface area contributed by atoms with Gasteiger partial charge >= 0.3 is 0 Å². The van der Waals surface area contributed by atoms with E-state index < -0.39 is 0 Å². The Kier molecular flexibility index (Phi) is 0.982. The van der Waals surface area contributed by atoms with Crippen molar-refractivity contribution in [2.24, 2.45) is 10.8 Å². The van der Waals surface area contributed by atoms with Gasteiger partial charge in [-0.05, 0) is 12.8 Å². The van der Waals surface area contributed by atoms with E-state index >= 15 is 0 Å². The van der Waals surface area contributed by atoms with E-state index in [0.717, 1.165) is 0 Å². The molecule has 0 bridgehead atoms. The maximum absolute atomic E-state index is 2.36. The normalized spacial score (nSPS) is 46.7. The van der Waals surface area contributed by atoms with Crippen molar-refractivity contribution in [3.8, 4) is 0 Å². The zero-order valence-corrected chi connectivity index (χ0v) is 7.03. The van der Waals surface area contributed by atoms with Crippen LogP contribution in [0.4, 0.5) is 0 Å². The summed E-state index contributed by atoms with van der Waals surface area (Å²) in [5.41, 5.74) is 0.715. The van der Waals surface area contributed by atoms with E-state index in [4.69, 9.17) is 0 Å². The number of allylic oxidation sites excluding steroid dienone is 8. The van der Waals surface area contributed by atoms with Gasteiger partial charge in [0.05, 0.1) is 0 Å². The lowest BCUT2D eigenvalue weighted by Crippen LogP contribution is -2.43. The van der Waals surface area contributed by atoms with Crippen molar-refractivity contribution in [2.45, 2.75) is 12.8 Å². The molecule has 0 saturated carbocycles. The molecule has 0 aromatic heterocycles. The summed E-state index contributed by atoms with van der Waals surface area (Å²) in [6.07, 6.45) is 20.8. The molecule has 0 heterocycles. The molecule has 60 valence electrons. The summed E-state index contributed by atoms with van der Waals surface area (Å²) in [4.78, 5) is 0. The highest BCUT2D eigenvalue weighted by Gasteiger charge is 2.49. The third kappa shape index (κ3) is 0.523. The minimum absolute atomic E-state index is 0.358. The molecule has 0 nitrogen and oxygen atoms in total. The van der Waals surface area contributed by atoms with E-state index in [1.807, 2.05) is 0 Å². The second kappa shape index (κ2) is 1.82. The summed E-state index contributed by atoms with van der Waals surface area (Å²) in [6.45, 7) is 0. The van der Waals surface area contributed by atoms with Gasteiger partial charge in [-0.15, -0.1) is 0 Å². The molecule has 3 aliphatic rings. The van der Waals surface area contributed by atoms with Gasteiger partial charge in [-0.25, -0.2) is 0 Å². The van der Waals surface area contributed by atoms with Crippen LogP contribution in [0.25, 0.3) is 0 Å². The van der Waals surface area contributed by atoms with Crippen molar-refractivity contribution in [3.05, 3.63) is 48.6 Å². The Morgan fingerprint density at radius 1 is 0.667 bits per heavy atom. The van der Waals surface area contributed by atoms with E-state index in [-0.39, 0.29) is 0 Å². The predicted octanol–water partition coefficient (Wildman–Crippen LogP) is 3.01. The van der Waals surface area contributed by atoms with E-state index in [2.05, 4.69) is 48.6 Å². The van der Waals surface area contributed by atoms with Crippen LogP contribution in [0.5, 0.6) is 0 Å². The van der Waals surface area contributed by atoms with Crippen LogP contribution in [0, 0.1) is 10.8 Å². The molecular formula is C12H12. The summed E-state index contributed by atoms with van der Waals surface area (Å²) in [6, 6.07) is 0. The Bertz CT molecular complexity index is 296. The first-order valence-corrected chi connectivity index (χ1v) is 4.59. The molecule has 0 fully saturated rings. The van der Waals surface area contributed by atoms with Crippen molar-refractivity contribution in [1.29, 1.82) is 0 Å². The predicted molar refractivity (Wildman–Crippen MR) is 50.7 cm³/mol. The monoisotopic (exact) mass is 156 g/mol. The lowest BCUT2D eigenvalue weighted by atomic mass is 9.51. The van der Waals surface area contributed by atoms with Gasteiger partial charge in [0, 0.05) is 10.8 Å². The van der Waals surface area contributed by atoms with E-state index in [9.17, 15) is 0 Å². The van der Waals surface area contributed by atoms with Crippen molar-refractivity contribution in [3.63, 3.8) is 0 Å². The van der Waals surface area contributed by atoms with E-state index in [1.165, 1.54) is 12.8 Å². The Morgan fingerprint density at radius 2 is 1.08 bits per heavy atom. The number of hydrogen-bond acceptors (Lipinski definition) is 0. The smallest absolute Gasteiger partial charge is 0.0228 e. The molecule has 0 radical (unpaired) electrons. The lowest BCUT2D eigenvalue weighted by Gasteiger charge is -2.52. The van der Waals surface area contributed by atoms with Crippen LogP contribution in [-0.4, -0.2) is 0 Å². The van der Waals surface area contributed by atoms with Gasteiger partial charge in [0.1, 0.15) is 0 Å². The SMILES string of the molecule is C1=CC2(C=CC2)C2(C=C1)C=CC2. The summed E-state index contributed by atoms with van der Waals surface area (Å²) >= 11 is 0. The third-order valence-corrected chi connectivity index (χ3v) is 3.51. The molecule has 0 aromatic rings. The summed E-state index contributed by atoms with van der Waals surface area (Å²) in [7, 11) is 0. The van der Waals surface area contributed by atoms with Crippen molar-refractivity contribution < 1.29 is 0 Å². The highest BCUT2D eigenvalue weighted by atomic mass is 14.5. The quantitative estimate of drug-likeness (QED) is 0.473. The molecule has 2 atom stereocenters. The van der Waals surface area contributed by atoms with Gasteiger partial charge < -0.3 is 0 Å². The molecule has 2 unspecified atom stereocenters. The second-order valence-corrected chi connectivity index (χ2v) is 4.01. The molecule has 2 spiro atoms. The van der Waals surface area contributed by atoms with Crippen LogP contribution in [-0.2, 0) is 0 Å². The largest absolute Gasteiger partial charge is 0.0864 e. The number of hydrogen-bond donors (Lipinski definition) is 0. The van der Waals surface area contributed by atoms with Crippen molar-refractivity contribution >= 4 is 0 Å². The fraction of sp³-hybridized carbons (Fsp3) is 0.333. The molecule has 0 heteroatoms. The Balaban J connectivity index is 2.12. The third-order valence-electron chi connectivity index (χ3n) is 3.51. The maximum atomic E-state index is 2.36. The van der Waals surface area contributed by atoms with E-state index in [0.29, 0.717) is 10.8 Å². The summed E-state index contributed by atoms with van der Waals surface area (Å²) in [5, 5.41) is 0. The van der Waals surface area contributed by atoms with Crippen LogP contribution in [0.15, 0.2) is 48.6 Å². The first-order valence-electron chi connectivity index (χ1n) is 4.59. The zero-order valence-electron chi connectivity index (χ0n) is 7.03. The average molecular weight is 156 g/mol. The highest BCUT2D eigenvalue weighted by Crippen LogP contribution is 2.59. The minimum atomic E-state index is 0.358. The Morgan fingerprint density at radius 3 is 1.33 bits per heavy atom. The molecule has 3 rings (SSSR count). The van der Waals surface area contributed by atoms with Crippen LogP contribution in [0.2, 0.25) is 0 Å². The molecule has 0 aromatic carbocycles. The number of fused-ring (bicyclic) bond motifs is 1. The Labute approximate surface area is 73.0 Å². The molecular weight excluding hydrogens is 144 g/mol. The first-order chi connectivity index (χ1) is 5.87. The summed E-state index contributed by atoms with van der Waals surface area (Å²) in [5.74, 6) is 0. The van der Waals surface area contributed by atoms with E-state index in [1.54, 1.807) is 0 Å². The van der Waals surface area contributed by atoms with Gasteiger partial charge in [0.15, 0.2) is 0 Å². The van der Waals surface area contributed by atoms with Crippen LogP contribution < -0.4 is 0 Å². The van der Waals surface area contributed by atoms with Crippen molar-refractivity contribution in [1.82, 2.24) is 0 Å². The van der Waals surface area contributed by atoms with Gasteiger partial charge in [-0.1, -0.05) is 48.6 Å². The molecule has 0 saturated heterocycles. The lowest BCUT2D eigenvalue weighted by molar-refractivity contribution is 0.214. The highest BCUT2D eigenvalue weighted by molar-refractivity contribution is 5.43. The fourth-order valence-electron chi connectivity index (χ4n) is 2.45. The van der Waals surface area contributed by atoms with Gasteiger partial charge in [0.2, 0.25) is 0 Å². The first kappa shape index (κ1) is 6.47. The van der Waals surface area contributed by atoms with Crippen molar-refractivity contribution in [2.75, 3.05) is 0 Å². The Hall–Kier alpha value is -1.04. The molecule has 0 N–H and O–H groups in total. The molecule has 12 heavy (non-hydrogen) atoms. The number of rotatable bonds is 0. The zero-order chi connectivity index (χ0) is 8.07. The van der Waals surface area contributed by atoms with Gasteiger partial charge in [0.25, 0.3) is 0 Å². The van der Waals surface area contributed by atoms with Crippen LogP contribution in [0.1, 0.15) is 12.8 Å². The maximum Gasteiger partial charge on any atom is 0.0228 e. The van der Waals surface area contributed by atoms with Gasteiger partial charge in [-0.3, -0.25) is 0 Å². The standard InChI is InChI=1S/C12H12/c1-2-6-12(9-4-10-12)11(5-1)7-3-8-11/h1-7,9H,8,10H2. The minimum Gasteiger partial charge on any atom is -0.0864 e. The topological polar surface area (TPSA) is 0 Å². The molecule has 3 aliphatic carbocycles. The van der Waals surface area contributed by atoms with Crippen LogP contribution in [0.3, 0.4) is 0 Å². The second-order valence-electron chi connectivity index (χ2n) is 4.01. The molecule has 0 amide bonds. The summed E-state index contributed by atoms with van der Waals surface area (Å²) < 4.78 is 0. The van der Waals surface area contributed by atoms with Gasteiger partial charge in [-0.2, -0.15) is 0 Å². The van der Waals surface area contributed by atoms with Crippen LogP contribution >= 0.6 is 0 Å². The average Bonchev–Trinajstić information content (AvgIpc) is 1.98. The molecule has 0 aliphatic heterocycles. The fourth-order valence-corrected chi connectivity index (χ4v) is 2.45.